The number of rotatable bonds is 40. The number of allylic oxidation sites excluding steroid dienone is 7. The summed E-state index contributed by atoms with van der Waals surface area (Å²) in [7, 11) is -7.46. The number of para-hydroxylation sites is 2. The third-order valence-corrected chi connectivity index (χ3v) is 19.2. The van der Waals surface area contributed by atoms with Gasteiger partial charge in [-0.1, -0.05) is 138 Å². The first-order valence-electron chi connectivity index (χ1n) is 35.0. The third-order valence-electron chi connectivity index (χ3n) is 18.4. The number of benzene rings is 4. The van der Waals surface area contributed by atoms with E-state index >= 15 is 0 Å². The van der Waals surface area contributed by atoms with Crippen LogP contribution < -0.4 is 25.6 Å². The summed E-state index contributed by atoms with van der Waals surface area (Å²) in [6.07, 6.45) is 18.7. The van der Waals surface area contributed by atoms with Crippen LogP contribution in [0, 0.1) is 5.92 Å². The lowest BCUT2D eigenvalue weighted by atomic mass is 9.81. The topological polar surface area (TPSA) is 374 Å². The molecule has 6 N–H and O–H groups in total. The van der Waals surface area contributed by atoms with Crippen LogP contribution in [0.2, 0.25) is 0 Å². The first kappa shape index (κ1) is 84.2. The molecule has 0 unspecified atom stereocenters. The maximum atomic E-state index is 14.3. The number of hydrogen-bond acceptors (Lipinski definition) is 17. The van der Waals surface area contributed by atoms with Crippen molar-refractivity contribution in [2.45, 2.75) is 199 Å². The molecule has 7 rings (SSSR count). The van der Waals surface area contributed by atoms with E-state index in [0.717, 1.165) is 104 Å². The van der Waals surface area contributed by atoms with Gasteiger partial charge in [-0.25, -0.2) is 18.0 Å². The summed E-state index contributed by atoms with van der Waals surface area (Å²) >= 11 is 0. The van der Waals surface area contributed by atoms with E-state index in [-0.39, 0.29) is 94.0 Å². The van der Waals surface area contributed by atoms with Crippen LogP contribution in [0.15, 0.2) is 150 Å². The Balaban J connectivity index is 0.00000261. The smallest absolute Gasteiger partial charge is 0.425 e. The summed E-state index contributed by atoms with van der Waals surface area (Å²) in [6.45, 7) is 12.6. The molecule has 2 heterocycles. The molecule has 26 heteroatoms. The van der Waals surface area contributed by atoms with E-state index in [1.807, 2.05) is 66.7 Å². The van der Waals surface area contributed by atoms with Crippen molar-refractivity contribution in [1.82, 2.24) is 16.0 Å². The number of carboxylic acids is 3. The van der Waals surface area contributed by atoms with Gasteiger partial charge in [0.15, 0.2) is 11.5 Å². The highest BCUT2D eigenvalue weighted by Gasteiger charge is 2.44. The summed E-state index contributed by atoms with van der Waals surface area (Å²) in [6, 6.07) is 30.4. The van der Waals surface area contributed by atoms with Gasteiger partial charge in [0.05, 0.1) is 27.5 Å². The highest BCUT2D eigenvalue weighted by molar-refractivity contribution is 7.85. The molecule has 556 valence electrons. The van der Waals surface area contributed by atoms with E-state index in [9.17, 15) is 56.7 Å². The predicted octanol–water partition coefficient (Wildman–Crippen LogP) is 11.3. The molecular formula is C77H97N5O19S2. The molecule has 4 aromatic rings. The van der Waals surface area contributed by atoms with Crippen LogP contribution in [-0.2, 0) is 82.8 Å². The standard InChI is InChI=1S/C76H97N5O14S.CO2.O3S/c1-6-7-47-80-64-32-19-17-30-60(64)75(2,3)67(80)44-38-55-27-23-28-56(39-45-68-76(4,5)61-31-18-20-33-65(61)81(68)48-21-22-49-96(92,93)94)71(55)95-59-41-36-54(37-42-59)50-57(72(87)88)52-66(83)63(51-53-25-13-12-14-26-53)78-69(84)34-16-11-9-8-10-15-29-58(82)40-43-62(73(89)90)79-74(91)77-46-24-35-70(85)86;2-1-3;1-4(2)3/h12-14,17-20,25-26,30-33,36-39,41-42,44-45,57,62-63H,6-11,15-16,21-24,27-29,34-35,40,43,46-52H2,1-5H3,(H6-,77,78,79,84,85,86,87,88,89,90,91,92,93,94);;/t57-,62+,63+;;/m1../s1. The maximum Gasteiger partial charge on any atom is 0.425 e. The fourth-order valence-electron chi connectivity index (χ4n) is 13.1. The van der Waals surface area contributed by atoms with E-state index in [4.69, 9.17) is 32.1 Å². The number of unbranched alkanes of at least 4 members (excludes halogenated alkanes) is 7. The van der Waals surface area contributed by atoms with Crippen LogP contribution in [0.3, 0.4) is 0 Å². The fraction of sp³-hybridized carbons (Fsp3) is 0.468. The first-order chi connectivity index (χ1) is 49.0. The van der Waals surface area contributed by atoms with Crippen LogP contribution in [0.5, 0.6) is 5.75 Å². The zero-order valence-electron chi connectivity index (χ0n) is 59.3. The Labute approximate surface area is 604 Å². The molecule has 0 saturated heterocycles. The van der Waals surface area contributed by atoms with Gasteiger partial charge < -0.3 is 45.5 Å². The Bertz CT molecular complexity index is 4020. The number of aliphatic carboxylic acids is 3. The lowest BCUT2D eigenvalue weighted by molar-refractivity contribution is -0.438. The minimum atomic E-state index is -4.35. The molecule has 103 heavy (non-hydrogen) atoms. The predicted molar refractivity (Wildman–Crippen MR) is 385 cm³/mol. The molecule has 0 aromatic heterocycles. The number of nitrogens with zero attached hydrogens (tertiary/aromatic N) is 2. The van der Waals surface area contributed by atoms with Gasteiger partial charge in [-0.15, -0.1) is 12.6 Å². The zero-order valence-corrected chi connectivity index (χ0v) is 61.0. The van der Waals surface area contributed by atoms with Crippen LogP contribution in [-0.4, -0.2) is 136 Å². The van der Waals surface area contributed by atoms with Crippen LogP contribution >= 0.6 is 0 Å². The highest BCUT2D eigenvalue weighted by Crippen LogP contribution is 2.48. The Kier molecular flexibility index (Phi) is 34.5. The second-order valence-corrected chi connectivity index (χ2v) is 28.8. The number of nitrogens with one attached hydrogen (secondary N) is 3. The lowest BCUT2D eigenvalue weighted by Crippen LogP contribution is -2.46. The van der Waals surface area contributed by atoms with Crippen LogP contribution in [0.1, 0.15) is 185 Å². The van der Waals surface area contributed by atoms with E-state index in [2.05, 4.69) is 121 Å². The van der Waals surface area contributed by atoms with E-state index < -0.39 is 79.6 Å². The van der Waals surface area contributed by atoms with Gasteiger partial charge in [-0.05, 0) is 143 Å². The first-order valence-corrected chi connectivity index (χ1v) is 37.6. The number of amides is 3. The molecule has 1 aliphatic carbocycles. The SMILES string of the molecule is CCCCN1/C(=C/C=C2\CCCC(/C=C/C3=[N+](CCCCS(=O)(=O)[O-])c4ccccc4C3(C)C)=C2Oc2ccc(C[C@H](CC(=O)[C@H](Cc3ccccc3)NC(=O)CCCCCCCCC(=O)CC[C@H](NC(=O)NCCCC(=O)O)C(=O)O)C(=O)O)cc2)C(C)(C)c2ccccc21.O=C=O.O=S(=O)=O. The van der Waals surface area contributed by atoms with Crippen LogP contribution in [0.25, 0.3) is 0 Å². The Morgan fingerprint density at radius 2 is 1.30 bits per heavy atom. The molecule has 24 nitrogen and oxygen atoms in total. The average Bonchev–Trinajstić information content (AvgIpc) is 1.61. The number of anilines is 1. The maximum absolute atomic E-state index is 14.3. The summed E-state index contributed by atoms with van der Waals surface area (Å²) in [5.41, 5.74) is 9.73. The number of carboxylic acid groups (broad SMARTS) is 3. The second kappa shape index (κ2) is 42.2. The Morgan fingerprint density at radius 1 is 0.680 bits per heavy atom. The normalized spacial score (nSPS) is 15.8. The largest absolute Gasteiger partial charge is 0.748 e. The second-order valence-electron chi connectivity index (χ2n) is 26.8. The zero-order chi connectivity index (χ0) is 75.7. The van der Waals surface area contributed by atoms with Crippen molar-refractivity contribution in [3.8, 4) is 5.75 Å². The van der Waals surface area contributed by atoms with Gasteiger partial charge in [-0.3, -0.25) is 24.0 Å². The average molecular weight is 1460 g/mol. The number of ether oxygens (including phenoxy) is 1. The number of carbonyl (C=O) groups is 7. The minimum absolute atomic E-state index is 0.0270. The van der Waals surface area contributed by atoms with Crippen molar-refractivity contribution in [2.75, 3.05) is 30.3 Å². The van der Waals surface area contributed by atoms with Crippen molar-refractivity contribution >= 4 is 85.4 Å². The molecule has 4 aromatic carbocycles. The highest BCUT2D eigenvalue weighted by atomic mass is 32.2. The fourth-order valence-corrected chi connectivity index (χ4v) is 13.6. The number of hydrogen-bond donors (Lipinski definition) is 6. The molecule has 0 spiro atoms. The number of urea groups is 1. The summed E-state index contributed by atoms with van der Waals surface area (Å²) in [5, 5.41) is 36.6. The van der Waals surface area contributed by atoms with Crippen molar-refractivity contribution in [2.24, 2.45) is 5.92 Å². The quantitative estimate of drug-likeness (QED) is 0.0137. The molecular weight excluding hydrogens is 1360 g/mol. The molecule has 3 amide bonds. The number of Topliss-reactive ketones (excluding diaryl/α,β-unsaturated/α-hetero) is 2. The van der Waals surface area contributed by atoms with Crippen molar-refractivity contribution in [3.05, 3.63) is 172 Å². The lowest BCUT2D eigenvalue weighted by Gasteiger charge is -2.27. The van der Waals surface area contributed by atoms with Gasteiger partial charge >= 0.3 is 40.7 Å². The molecule has 0 fully saturated rings. The van der Waals surface area contributed by atoms with Gasteiger partial charge in [0, 0.05) is 91.9 Å². The van der Waals surface area contributed by atoms with Gasteiger partial charge in [-0.2, -0.15) is 14.2 Å². The molecule has 0 radical (unpaired) electrons. The van der Waals surface area contributed by atoms with Gasteiger partial charge in [0.2, 0.25) is 11.6 Å². The van der Waals surface area contributed by atoms with E-state index in [0.29, 0.717) is 37.1 Å². The number of carbonyl (C=O) groups excluding carboxylic acids is 6. The third kappa shape index (κ3) is 27.7. The molecule has 0 saturated carbocycles. The van der Waals surface area contributed by atoms with Gasteiger partial charge in [0.1, 0.15) is 29.9 Å². The summed E-state index contributed by atoms with van der Waals surface area (Å²) in [5.74, 6) is -4.51. The summed E-state index contributed by atoms with van der Waals surface area (Å²) in [4.78, 5) is 106. The minimum Gasteiger partial charge on any atom is -0.748 e. The van der Waals surface area contributed by atoms with E-state index in [1.54, 1.807) is 0 Å². The van der Waals surface area contributed by atoms with Gasteiger partial charge in [0.25, 0.3) is 0 Å². The monoisotopic (exact) mass is 1460 g/mol. The Hall–Kier alpha value is -9.49. The molecule has 0 bridgehead atoms. The van der Waals surface area contributed by atoms with Crippen LogP contribution in [0.4, 0.5) is 16.2 Å². The number of ketones is 2. The molecule has 2 aliphatic heterocycles. The molecule has 3 atom stereocenters. The van der Waals surface area contributed by atoms with E-state index in [1.165, 1.54) is 16.9 Å². The van der Waals surface area contributed by atoms with Crippen molar-refractivity contribution < 1.29 is 93.4 Å². The number of fused-ring (bicyclic) bond motifs is 2. The molecule has 3 aliphatic rings. The van der Waals surface area contributed by atoms with Crippen molar-refractivity contribution in [1.29, 1.82) is 0 Å². The summed E-state index contributed by atoms with van der Waals surface area (Å²) < 4.78 is 69.3. The Morgan fingerprint density at radius 3 is 1.94 bits per heavy atom. The van der Waals surface area contributed by atoms with Crippen molar-refractivity contribution in [3.63, 3.8) is 0 Å².